The number of hydrogen-bond acceptors (Lipinski definition) is 4. The van der Waals surface area contributed by atoms with Crippen LogP contribution in [-0.2, 0) is 6.54 Å². The Morgan fingerprint density at radius 2 is 1.95 bits per heavy atom. The van der Waals surface area contributed by atoms with Gasteiger partial charge in [0.1, 0.15) is 0 Å². The van der Waals surface area contributed by atoms with Crippen molar-refractivity contribution in [2.24, 2.45) is 5.92 Å². The minimum Gasteiger partial charge on any atom is -0.311 e. The molecule has 0 spiro atoms. The fourth-order valence-corrected chi connectivity index (χ4v) is 2.98. The van der Waals surface area contributed by atoms with Crippen LogP contribution in [0.3, 0.4) is 0 Å². The van der Waals surface area contributed by atoms with Crippen LogP contribution in [0.5, 0.6) is 0 Å². The van der Waals surface area contributed by atoms with Crippen LogP contribution in [0.25, 0.3) is 0 Å². The largest absolute Gasteiger partial charge is 0.311 e. The topological polar surface area (TPSA) is 31.4 Å². The zero-order valence-corrected chi connectivity index (χ0v) is 14.0. The van der Waals surface area contributed by atoms with Gasteiger partial charge >= 0.3 is 0 Å². The Morgan fingerprint density at radius 3 is 2.57 bits per heavy atom. The molecule has 0 amide bonds. The molecule has 0 aromatic carbocycles. The predicted octanol–water partition coefficient (Wildman–Crippen LogP) is 1.75. The molecule has 1 aromatic heterocycles. The molecule has 1 aromatic rings. The summed E-state index contributed by atoms with van der Waals surface area (Å²) in [5.41, 5.74) is 2.62. The Morgan fingerprint density at radius 1 is 1.24 bits per heavy atom. The Kier molecular flexibility index (Phi) is 6.15. The summed E-state index contributed by atoms with van der Waals surface area (Å²) in [6, 6.07) is 2.70. The number of hydrogen-bond donors (Lipinski definition) is 1. The molecule has 1 fully saturated rings. The lowest BCUT2D eigenvalue weighted by Gasteiger charge is -2.40. The molecule has 118 valence electrons. The van der Waals surface area contributed by atoms with Gasteiger partial charge in [0.25, 0.3) is 0 Å². The summed E-state index contributed by atoms with van der Waals surface area (Å²) in [7, 11) is 2.21. The van der Waals surface area contributed by atoms with E-state index >= 15 is 0 Å². The second kappa shape index (κ2) is 7.87. The van der Waals surface area contributed by atoms with E-state index < -0.39 is 0 Å². The smallest absolute Gasteiger partial charge is 0.0315 e. The first kappa shape index (κ1) is 16.4. The number of aryl methyl sites for hydroxylation is 1. The molecule has 1 N–H and O–H groups in total. The summed E-state index contributed by atoms with van der Waals surface area (Å²) in [5.74, 6) is 0.677. The first-order valence-corrected chi connectivity index (χ1v) is 8.10. The quantitative estimate of drug-likeness (QED) is 0.865. The van der Waals surface area contributed by atoms with Gasteiger partial charge in [0.15, 0.2) is 0 Å². The first-order chi connectivity index (χ1) is 10.1. The number of pyridine rings is 1. The minimum absolute atomic E-state index is 0.621. The van der Waals surface area contributed by atoms with E-state index in [-0.39, 0.29) is 0 Å². The fraction of sp³-hybridized carbons (Fsp3) is 0.706. The minimum atomic E-state index is 0.621. The molecule has 1 saturated heterocycles. The Hall–Kier alpha value is -0.970. The molecular weight excluding hydrogens is 260 g/mol. The van der Waals surface area contributed by atoms with Gasteiger partial charge < -0.3 is 10.2 Å². The maximum Gasteiger partial charge on any atom is 0.0315 e. The Labute approximate surface area is 129 Å². The number of likely N-dealkylation sites (N-methyl/N-ethyl adjacent to an activating group) is 1. The average Bonchev–Trinajstić information content (AvgIpc) is 2.46. The molecule has 4 heteroatoms. The van der Waals surface area contributed by atoms with Gasteiger partial charge in [-0.1, -0.05) is 13.8 Å². The maximum atomic E-state index is 4.22. The van der Waals surface area contributed by atoms with E-state index in [0.717, 1.165) is 13.1 Å². The number of nitrogens with one attached hydrogen (secondary N) is 1. The third-order valence-electron chi connectivity index (χ3n) is 4.59. The third-order valence-corrected chi connectivity index (χ3v) is 4.59. The van der Waals surface area contributed by atoms with Crippen LogP contribution in [0, 0.1) is 12.8 Å². The summed E-state index contributed by atoms with van der Waals surface area (Å²) < 4.78 is 0. The molecule has 1 aliphatic heterocycles. The highest BCUT2D eigenvalue weighted by Gasteiger charge is 2.24. The van der Waals surface area contributed by atoms with E-state index in [4.69, 9.17) is 0 Å². The summed E-state index contributed by atoms with van der Waals surface area (Å²) in [4.78, 5) is 9.28. The second-order valence-electron chi connectivity index (χ2n) is 6.58. The van der Waals surface area contributed by atoms with E-state index in [1.807, 2.05) is 12.4 Å². The molecule has 2 rings (SSSR count). The molecule has 0 saturated carbocycles. The SMILES string of the molecule is Cc1ccncc1CNCC(C(C)C)N1CCN(C)CC1. The van der Waals surface area contributed by atoms with Crippen molar-refractivity contribution in [2.45, 2.75) is 33.4 Å². The monoisotopic (exact) mass is 290 g/mol. The normalized spacial score (nSPS) is 19.1. The highest BCUT2D eigenvalue weighted by atomic mass is 15.3. The van der Waals surface area contributed by atoms with Crippen molar-refractivity contribution in [3.8, 4) is 0 Å². The standard InChI is InChI=1S/C17H30N4/c1-14(2)17(21-9-7-20(4)8-10-21)13-19-12-16-11-18-6-5-15(16)3/h5-6,11,14,17,19H,7-10,12-13H2,1-4H3. The lowest BCUT2D eigenvalue weighted by Crippen LogP contribution is -2.53. The molecule has 21 heavy (non-hydrogen) atoms. The molecule has 2 heterocycles. The molecule has 1 unspecified atom stereocenters. The van der Waals surface area contributed by atoms with Gasteiger partial charge in [0, 0.05) is 57.7 Å². The van der Waals surface area contributed by atoms with Gasteiger partial charge in [0.2, 0.25) is 0 Å². The van der Waals surface area contributed by atoms with E-state index in [2.05, 4.69) is 54.0 Å². The molecule has 1 atom stereocenters. The van der Waals surface area contributed by atoms with Crippen LogP contribution in [0.15, 0.2) is 18.5 Å². The van der Waals surface area contributed by atoms with Gasteiger partial charge in [-0.15, -0.1) is 0 Å². The highest BCUT2D eigenvalue weighted by Crippen LogP contribution is 2.13. The zero-order valence-electron chi connectivity index (χ0n) is 14.0. The fourth-order valence-electron chi connectivity index (χ4n) is 2.98. The molecule has 4 nitrogen and oxygen atoms in total. The molecule has 0 bridgehead atoms. The Balaban J connectivity index is 1.84. The summed E-state index contributed by atoms with van der Waals surface area (Å²) >= 11 is 0. The number of rotatable bonds is 6. The zero-order chi connectivity index (χ0) is 15.2. The summed E-state index contributed by atoms with van der Waals surface area (Å²) in [5, 5.41) is 3.64. The van der Waals surface area contributed by atoms with E-state index in [1.54, 1.807) is 0 Å². The molecule has 1 aliphatic rings. The third kappa shape index (κ3) is 4.77. The average molecular weight is 290 g/mol. The van der Waals surface area contributed by atoms with Crippen molar-refractivity contribution < 1.29 is 0 Å². The van der Waals surface area contributed by atoms with Crippen LogP contribution in [0.2, 0.25) is 0 Å². The number of piperazine rings is 1. The van der Waals surface area contributed by atoms with Crippen molar-refractivity contribution in [3.63, 3.8) is 0 Å². The van der Waals surface area contributed by atoms with Crippen LogP contribution < -0.4 is 5.32 Å². The summed E-state index contributed by atoms with van der Waals surface area (Å²) in [6.45, 7) is 13.5. The first-order valence-electron chi connectivity index (χ1n) is 8.10. The lowest BCUT2D eigenvalue weighted by molar-refractivity contribution is 0.0875. The predicted molar refractivity (Wildman–Crippen MR) is 88.4 cm³/mol. The van der Waals surface area contributed by atoms with Crippen molar-refractivity contribution in [1.82, 2.24) is 20.1 Å². The van der Waals surface area contributed by atoms with Crippen LogP contribution in [-0.4, -0.2) is 60.6 Å². The van der Waals surface area contributed by atoms with Gasteiger partial charge in [-0.05, 0) is 37.1 Å². The van der Waals surface area contributed by atoms with Gasteiger partial charge in [-0.25, -0.2) is 0 Å². The van der Waals surface area contributed by atoms with Crippen molar-refractivity contribution in [1.29, 1.82) is 0 Å². The molecule has 0 radical (unpaired) electrons. The lowest BCUT2D eigenvalue weighted by atomic mass is 10.0. The van der Waals surface area contributed by atoms with Crippen LogP contribution in [0.4, 0.5) is 0 Å². The maximum absolute atomic E-state index is 4.22. The van der Waals surface area contributed by atoms with E-state index in [9.17, 15) is 0 Å². The van der Waals surface area contributed by atoms with Crippen molar-refractivity contribution >= 4 is 0 Å². The molecule has 0 aliphatic carbocycles. The van der Waals surface area contributed by atoms with E-state index in [0.29, 0.717) is 12.0 Å². The van der Waals surface area contributed by atoms with Crippen LogP contribution in [0.1, 0.15) is 25.0 Å². The highest BCUT2D eigenvalue weighted by molar-refractivity contribution is 5.20. The van der Waals surface area contributed by atoms with Gasteiger partial charge in [0.05, 0.1) is 0 Å². The second-order valence-corrected chi connectivity index (χ2v) is 6.58. The van der Waals surface area contributed by atoms with Crippen LogP contribution >= 0.6 is 0 Å². The number of aromatic nitrogens is 1. The molecular formula is C17H30N4. The number of nitrogens with zero attached hydrogens (tertiary/aromatic N) is 3. The van der Waals surface area contributed by atoms with Crippen molar-refractivity contribution in [3.05, 3.63) is 29.6 Å². The van der Waals surface area contributed by atoms with Crippen molar-refractivity contribution in [2.75, 3.05) is 39.8 Å². The van der Waals surface area contributed by atoms with E-state index in [1.165, 1.54) is 37.3 Å². The summed E-state index contributed by atoms with van der Waals surface area (Å²) in [6.07, 6.45) is 3.84. The Bertz CT molecular complexity index is 425. The van der Waals surface area contributed by atoms with Gasteiger partial charge in [-0.2, -0.15) is 0 Å². The van der Waals surface area contributed by atoms with Gasteiger partial charge in [-0.3, -0.25) is 9.88 Å².